The van der Waals surface area contributed by atoms with Crippen molar-refractivity contribution in [3.8, 4) is 0 Å². The average molecular weight is 553 g/mol. The first-order valence-electron chi connectivity index (χ1n) is 13.2. The molecule has 0 unspecified atom stereocenters. The van der Waals surface area contributed by atoms with E-state index >= 15 is 0 Å². The number of aliphatic hydroxyl groups is 1. The van der Waals surface area contributed by atoms with Crippen LogP contribution in [0.25, 0.3) is 22.2 Å². The molecule has 0 aliphatic heterocycles. The van der Waals surface area contributed by atoms with Gasteiger partial charge in [-0.3, -0.25) is 0 Å². The van der Waals surface area contributed by atoms with Crippen molar-refractivity contribution >= 4 is 28.1 Å². The number of carbonyl (C=O) groups is 1. The van der Waals surface area contributed by atoms with E-state index in [0.717, 1.165) is 18.1 Å². The van der Waals surface area contributed by atoms with Crippen molar-refractivity contribution in [1.29, 1.82) is 0 Å². The summed E-state index contributed by atoms with van der Waals surface area (Å²) in [5, 5.41) is 23.5. The Bertz CT molecular complexity index is 1430. The van der Waals surface area contributed by atoms with Gasteiger partial charge in [0.2, 0.25) is 0 Å². The van der Waals surface area contributed by atoms with E-state index in [1.54, 1.807) is 36.4 Å². The number of benzene rings is 1. The molecule has 0 radical (unpaired) electrons. The molecule has 1 heterocycles. The summed E-state index contributed by atoms with van der Waals surface area (Å²) in [6.45, 7) is 9.88. The van der Waals surface area contributed by atoms with Gasteiger partial charge in [0, 0.05) is 11.4 Å². The molecule has 1 aromatic heterocycles. The molecule has 0 saturated carbocycles. The summed E-state index contributed by atoms with van der Waals surface area (Å²) in [6, 6.07) is 6.37. The van der Waals surface area contributed by atoms with Crippen LogP contribution in [0.5, 0.6) is 0 Å². The highest BCUT2D eigenvalue weighted by Gasteiger charge is 2.32. The van der Waals surface area contributed by atoms with Crippen molar-refractivity contribution in [3.05, 3.63) is 101 Å². The lowest BCUT2D eigenvalue weighted by molar-refractivity contribution is -0.0883. The first-order chi connectivity index (χ1) is 18.9. The number of hydrogen-bond acceptors (Lipinski definition) is 4. The standard InChI is InChI=1S/C32H35F3N2O3/c1-5-9-26(38)14-12-20(3)16-25(6-2)36-21(4)30-19-28(31(39)40)27-18-23(13-15-29(27)37-30)22-10-7-8-11-24(17-22)32(33,34)35/h5,9,11-15,17-19,25,36,38H,4,6-8,10,16H2,1-3H3,(H,39,40)/b9-5-,20-12+,26-14+/t25-/m1/s1. The molecule has 0 fully saturated rings. The summed E-state index contributed by atoms with van der Waals surface area (Å²) in [7, 11) is 0. The molecule has 1 aromatic carbocycles. The lowest BCUT2D eigenvalue weighted by Crippen LogP contribution is -2.27. The van der Waals surface area contributed by atoms with Crippen molar-refractivity contribution in [3.63, 3.8) is 0 Å². The van der Waals surface area contributed by atoms with E-state index in [1.165, 1.54) is 12.1 Å². The molecule has 3 N–H and O–H groups in total. The Balaban J connectivity index is 1.91. The molecular formula is C32H35F3N2O3. The molecule has 0 saturated heterocycles. The molecule has 1 aliphatic rings. The fraction of sp³-hybridized carbons (Fsp3) is 0.312. The number of nitrogens with zero attached hydrogens (tertiary/aromatic N) is 1. The van der Waals surface area contributed by atoms with Gasteiger partial charge in [-0.1, -0.05) is 43.4 Å². The normalized spacial score (nSPS) is 15.9. The summed E-state index contributed by atoms with van der Waals surface area (Å²) < 4.78 is 40.2. The minimum atomic E-state index is -4.45. The number of carboxylic acids is 1. The maximum absolute atomic E-state index is 13.4. The predicted molar refractivity (Wildman–Crippen MR) is 155 cm³/mol. The molecule has 0 bridgehead atoms. The maximum Gasteiger partial charge on any atom is 0.416 e. The highest BCUT2D eigenvalue weighted by Crippen LogP contribution is 2.35. The number of rotatable bonds is 10. The smallest absolute Gasteiger partial charge is 0.416 e. The molecule has 2 aromatic rings. The Morgan fingerprint density at radius 2 is 1.98 bits per heavy atom. The van der Waals surface area contributed by atoms with Crippen LogP contribution in [0.4, 0.5) is 13.2 Å². The van der Waals surface area contributed by atoms with Crippen molar-refractivity contribution in [2.24, 2.45) is 0 Å². The van der Waals surface area contributed by atoms with Gasteiger partial charge >= 0.3 is 12.1 Å². The molecule has 1 atom stereocenters. The molecule has 212 valence electrons. The molecule has 40 heavy (non-hydrogen) atoms. The number of nitrogens with one attached hydrogen (secondary N) is 1. The quantitative estimate of drug-likeness (QED) is 0.203. The molecule has 0 amide bonds. The van der Waals surface area contributed by atoms with E-state index in [-0.39, 0.29) is 17.4 Å². The third kappa shape index (κ3) is 7.97. The van der Waals surface area contributed by atoms with E-state index in [4.69, 9.17) is 0 Å². The zero-order valence-corrected chi connectivity index (χ0v) is 23.0. The summed E-state index contributed by atoms with van der Waals surface area (Å²) in [4.78, 5) is 16.8. The fourth-order valence-corrected chi connectivity index (χ4v) is 4.58. The van der Waals surface area contributed by atoms with Gasteiger partial charge in [-0.05, 0) is 93.5 Å². The zero-order chi connectivity index (χ0) is 29.4. The maximum atomic E-state index is 13.4. The minimum absolute atomic E-state index is 0.000625. The van der Waals surface area contributed by atoms with Crippen molar-refractivity contribution in [2.75, 3.05) is 0 Å². The summed E-state index contributed by atoms with van der Waals surface area (Å²) in [5.41, 5.74) is 2.65. The van der Waals surface area contributed by atoms with Crippen molar-refractivity contribution < 1.29 is 28.2 Å². The van der Waals surface area contributed by atoms with E-state index in [2.05, 4.69) is 16.9 Å². The Morgan fingerprint density at radius 3 is 2.62 bits per heavy atom. The van der Waals surface area contributed by atoms with Gasteiger partial charge in [0.25, 0.3) is 0 Å². The van der Waals surface area contributed by atoms with Crippen molar-refractivity contribution in [1.82, 2.24) is 10.3 Å². The molecule has 8 heteroatoms. The first-order valence-corrected chi connectivity index (χ1v) is 13.2. The molecule has 3 rings (SSSR count). The van der Waals surface area contributed by atoms with Crippen LogP contribution >= 0.6 is 0 Å². The second-order valence-electron chi connectivity index (χ2n) is 9.85. The number of aliphatic hydroxyl groups excluding tert-OH is 1. The second-order valence-corrected chi connectivity index (χ2v) is 9.85. The Labute approximate surface area is 232 Å². The van der Waals surface area contributed by atoms with Crippen LogP contribution in [-0.4, -0.2) is 33.4 Å². The van der Waals surface area contributed by atoms with Crippen LogP contribution in [0.3, 0.4) is 0 Å². The molecule has 1 aliphatic carbocycles. The monoisotopic (exact) mass is 552 g/mol. The first kappa shape index (κ1) is 30.5. The number of carboxylic acid groups (broad SMARTS) is 1. The second kappa shape index (κ2) is 13.3. The van der Waals surface area contributed by atoms with E-state index in [1.807, 2.05) is 26.8 Å². The fourth-order valence-electron chi connectivity index (χ4n) is 4.58. The van der Waals surface area contributed by atoms with Crippen LogP contribution in [0.1, 0.15) is 74.5 Å². The number of halogens is 3. The van der Waals surface area contributed by atoms with Crippen LogP contribution in [0.2, 0.25) is 0 Å². The number of hydrogen-bond donors (Lipinski definition) is 3. The van der Waals surface area contributed by atoms with Gasteiger partial charge in [0.1, 0.15) is 5.76 Å². The van der Waals surface area contributed by atoms with Gasteiger partial charge in [-0.25, -0.2) is 9.78 Å². The van der Waals surface area contributed by atoms with Gasteiger partial charge in [-0.2, -0.15) is 13.2 Å². The largest absolute Gasteiger partial charge is 0.508 e. The van der Waals surface area contributed by atoms with Gasteiger partial charge in [0.05, 0.1) is 28.0 Å². The van der Waals surface area contributed by atoms with Crippen LogP contribution in [0, 0.1) is 0 Å². The molecule has 5 nitrogen and oxygen atoms in total. The molecule has 0 spiro atoms. The minimum Gasteiger partial charge on any atom is -0.508 e. The Hall–Kier alpha value is -4.07. The third-order valence-corrected chi connectivity index (χ3v) is 6.71. The SMILES string of the molecule is C=C(N[C@H](CC)C/C(C)=C/C=C(O)\C=C/C)c1cc(C(=O)O)c2cc(C3=CC(C(F)(F)F)=CCCC3)ccc2n1. The number of aromatic nitrogens is 1. The van der Waals surface area contributed by atoms with E-state index in [0.29, 0.717) is 59.1 Å². The van der Waals surface area contributed by atoms with Gasteiger partial charge in [-0.15, -0.1) is 0 Å². The van der Waals surface area contributed by atoms with Gasteiger partial charge < -0.3 is 15.5 Å². The topological polar surface area (TPSA) is 82.5 Å². The number of pyridine rings is 1. The Kier molecular flexibility index (Phi) is 10.2. The van der Waals surface area contributed by atoms with E-state index < -0.39 is 17.7 Å². The zero-order valence-electron chi connectivity index (χ0n) is 23.0. The summed E-state index contributed by atoms with van der Waals surface area (Å²) in [5.74, 6) is -1.01. The highest BCUT2D eigenvalue weighted by atomic mass is 19.4. The van der Waals surface area contributed by atoms with Crippen molar-refractivity contribution in [2.45, 2.75) is 65.1 Å². The number of alkyl halides is 3. The highest BCUT2D eigenvalue weighted by molar-refractivity contribution is 6.04. The number of aromatic carboxylic acids is 1. The predicted octanol–water partition coefficient (Wildman–Crippen LogP) is 8.68. The summed E-state index contributed by atoms with van der Waals surface area (Å²) in [6.07, 6.45) is 7.50. The summed E-state index contributed by atoms with van der Waals surface area (Å²) >= 11 is 0. The molecular weight excluding hydrogens is 517 g/mol. The lowest BCUT2D eigenvalue weighted by Gasteiger charge is -2.20. The average Bonchev–Trinajstić information content (AvgIpc) is 3.17. The third-order valence-electron chi connectivity index (χ3n) is 6.71. The van der Waals surface area contributed by atoms with Crippen LogP contribution in [-0.2, 0) is 0 Å². The van der Waals surface area contributed by atoms with Gasteiger partial charge in [0.15, 0.2) is 0 Å². The number of fused-ring (bicyclic) bond motifs is 1. The Morgan fingerprint density at radius 1 is 1.23 bits per heavy atom. The van der Waals surface area contributed by atoms with Crippen LogP contribution in [0.15, 0.2) is 84.2 Å². The van der Waals surface area contributed by atoms with E-state index in [9.17, 15) is 28.2 Å². The number of allylic oxidation sites excluding steroid dienone is 8. The van der Waals surface area contributed by atoms with Crippen LogP contribution < -0.4 is 5.32 Å². The lowest BCUT2D eigenvalue weighted by atomic mass is 9.96.